The third-order valence-electron chi connectivity index (χ3n) is 10.5. The average Bonchev–Trinajstić information content (AvgIpc) is 3.05. The van der Waals surface area contributed by atoms with Crippen molar-refractivity contribution in [1.82, 2.24) is 0 Å². The Balaban J connectivity index is 1.27. The third-order valence-corrected chi connectivity index (χ3v) is 10.5. The minimum atomic E-state index is 0.0729. The molecule has 3 nitrogen and oxygen atoms in total. The zero-order chi connectivity index (χ0) is 19.4. The van der Waals surface area contributed by atoms with Gasteiger partial charge in [0.1, 0.15) is 0 Å². The van der Waals surface area contributed by atoms with Crippen LogP contribution in [0.4, 0.5) is 0 Å². The van der Waals surface area contributed by atoms with E-state index >= 15 is 0 Å². The second-order valence-corrected chi connectivity index (χ2v) is 11.5. The van der Waals surface area contributed by atoms with Crippen molar-refractivity contribution in [3.8, 4) is 0 Å². The predicted molar refractivity (Wildman–Crippen MR) is 111 cm³/mol. The lowest BCUT2D eigenvalue weighted by molar-refractivity contribution is -0.212. The van der Waals surface area contributed by atoms with Crippen molar-refractivity contribution < 1.29 is 14.6 Å². The second kappa shape index (κ2) is 7.54. The number of hydrogen-bond acceptors (Lipinski definition) is 3. The molecule has 0 aromatic carbocycles. The van der Waals surface area contributed by atoms with Crippen molar-refractivity contribution in [1.29, 1.82) is 0 Å². The molecule has 4 saturated carbocycles. The summed E-state index contributed by atoms with van der Waals surface area (Å²) in [6.07, 6.45) is 16.1. The Kier molecular flexibility index (Phi) is 5.33. The fraction of sp³-hybridized carbons (Fsp3) is 1.00. The molecule has 160 valence electrons. The predicted octanol–water partition coefficient (Wildman–Crippen LogP) is 5.55. The second-order valence-electron chi connectivity index (χ2n) is 11.5. The zero-order valence-corrected chi connectivity index (χ0v) is 18.2. The summed E-state index contributed by atoms with van der Waals surface area (Å²) in [5.41, 5.74) is 0.937. The van der Waals surface area contributed by atoms with Gasteiger partial charge in [0.15, 0.2) is 6.29 Å². The molecule has 1 aliphatic heterocycles. The Bertz CT molecular complexity index is 558. The minimum absolute atomic E-state index is 0.0729. The number of aliphatic hydroxyl groups is 1. The highest BCUT2D eigenvalue weighted by Crippen LogP contribution is 2.67. The molecule has 0 bridgehead atoms. The first kappa shape index (κ1) is 19.8. The topological polar surface area (TPSA) is 38.7 Å². The van der Waals surface area contributed by atoms with Gasteiger partial charge in [-0.1, -0.05) is 13.8 Å². The average molecular weight is 391 g/mol. The van der Waals surface area contributed by atoms with Crippen molar-refractivity contribution >= 4 is 0 Å². The van der Waals surface area contributed by atoms with Crippen LogP contribution in [0, 0.1) is 40.4 Å². The minimum Gasteiger partial charge on any atom is -0.396 e. The van der Waals surface area contributed by atoms with Gasteiger partial charge in [-0.05, 0) is 117 Å². The molecule has 0 aromatic heterocycles. The van der Waals surface area contributed by atoms with Gasteiger partial charge in [0.2, 0.25) is 0 Å². The molecule has 0 aromatic rings. The van der Waals surface area contributed by atoms with Crippen LogP contribution in [0.15, 0.2) is 0 Å². The van der Waals surface area contributed by atoms with Crippen LogP contribution in [0.25, 0.3) is 0 Å². The van der Waals surface area contributed by atoms with Crippen molar-refractivity contribution in [3.63, 3.8) is 0 Å². The molecule has 1 saturated heterocycles. The summed E-state index contributed by atoms with van der Waals surface area (Å²) in [6, 6.07) is 0. The van der Waals surface area contributed by atoms with Crippen molar-refractivity contribution in [2.45, 2.75) is 103 Å². The molecule has 0 amide bonds. The summed E-state index contributed by atoms with van der Waals surface area (Å²) in [7, 11) is 0. The molecule has 5 fully saturated rings. The van der Waals surface area contributed by atoms with Crippen LogP contribution in [-0.4, -0.2) is 30.7 Å². The first-order valence-electron chi connectivity index (χ1n) is 12.4. The van der Waals surface area contributed by atoms with Crippen LogP contribution in [0.3, 0.4) is 0 Å². The monoisotopic (exact) mass is 390 g/mol. The molecule has 4 aliphatic carbocycles. The summed E-state index contributed by atoms with van der Waals surface area (Å²) < 4.78 is 12.3. The lowest BCUT2D eigenvalue weighted by atomic mass is 9.44. The molecule has 1 heterocycles. The number of fused-ring (bicyclic) bond motifs is 5. The van der Waals surface area contributed by atoms with E-state index < -0.39 is 0 Å². The molecule has 0 unspecified atom stereocenters. The number of rotatable bonds is 3. The van der Waals surface area contributed by atoms with Crippen LogP contribution >= 0.6 is 0 Å². The first-order chi connectivity index (χ1) is 13.5. The van der Waals surface area contributed by atoms with Crippen LogP contribution in [0.5, 0.6) is 0 Å². The van der Waals surface area contributed by atoms with Crippen LogP contribution in [0.1, 0.15) is 90.9 Å². The highest BCUT2D eigenvalue weighted by molar-refractivity contribution is 5.09. The van der Waals surface area contributed by atoms with Crippen molar-refractivity contribution in [3.05, 3.63) is 0 Å². The zero-order valence-electron chi connectivity index (χ0n) is 18.2. The van der Waals surface area contributed by atoms with E-state index in [-0.39, 0.29) is 6.29 Å². The quantitative estimate of drug-likeness (QED) is 0.642. The van der Waals surface area contributed by atoms with E-state index in [9.17, 15) is 5.11 Å². The number of ether oxygens (including phenoxy) is 2. The summed E-state index contributed by atoms with van der Waals surface area (Å²) in [5.74, 6) is 4.09. The van der Waals surface area contributed by atoms with Gasteiger partial charge in [0.05, 0.1) is 6.10 Å². The van der Waals surface area contributed by atoms with Crippen LogP contribution in [-0.2, 0) is 9.47 Å². The van der Waals surface area contributed by atoms with E-state index in [1.165, 1.54) is 70.6 Å². The molecule has 0 radical (unpaired) electrons. The maximum Gasteiger partial charge on any atom is 0.157 e. The van der Waals surface area contributed by atoms with E-state index in [1.54, 1.807) is 0 Å². The lowest BCUT2D eigenvalue weighted by Gasteiger charge is -2.61. The highest BCUT2D eigenvalue weighted by atomic mass is 16.7. The highest BCUT2D eigenvalue weighted by Gasteiger charge is 2.60. The smallest absolute Gasteiger partial charge is 0.157 e. The molecule has 5 rings (SSSR count). The fourth-order valence-electron chi connectivity index (χ4n) is 8.78. The van der Waals surface area contributed by atoms with Gasteiger partial charge in [-0.2, -0.15) is 0 Å². The normalized spacial score (nSPS) is 53.9. The standard InChI is InChI=1S/C25H42O3/c1-24-12-10-19(28-23-5-3-4-14-27-23)15-17(24)6-8-20-21-9-7-18(16-26)25(21,2)13-11-22(20)24/h17-23,26H,3-16H2,1-2H3/t17-,18+,19-,20-,21-,22+,23+,24-,25+/m0/s1. The number of aliphatic hydroxyl groups excluding tert-OH is 1. The van der Waals surface area contributed by atoms with Gasteiger partial charge in [0.25, 0.3) is 0 Å². The van der Waals surface area contributed by atoms with Gasteiger partial charge in [-0.25, -0.2) is 0 Å². The lowest BCUT2D eigenvalue weighted by Crippen LogP contribution is -2.54. The molecule has 5 aliphatic rings. The number of hydrogen-bond donors (Lipinski definition) is 1. The van der Waals surface area contributed by atoms with E-state index in [4.69, 9.17) is 9.47 Å². The summed E-state index contributed by atoms with van der Waals surface area (Å²) in [6.45, 7) is 6.46. The molecule has 1 N–H and O–H groups in total. The van der Waals surface area contributed by atoms with Crippen molar-refractivity contribution in [2.24, 2.45) is 40.4 Å². The van der Waals surface area contributed by atoms with Crippen molar-refractivity contribution in [2.75, 3.05) is 13.2 Å². The van der Waals surface area contributed by atoms with Gasteiger partial charge in [-0.3, -0.25) is 0 Å². The largest absolute Gasteiger partial charge is 0.396 e. The van der Waals surface area contributed by atoms with Gasteiger partial charge in [0, 0.05) is 13.2 Å². The SMILES string of the molecule is C[C@]12CC[C@H](O[C@@H]3CCCCO3)C[C@@H]1CC[C@@H]1[C@H]2CC[C@]2(C)[C@@H](CO)CC[C@@H]12. The maximum absolute atomic E-state index is 9.94. The molecule has 0 spiro atoms. The molecule has 3 heteroatoms. The van der Waals surface area contributed by atoms with Gasteiger partial charge < -0.3 is 14.6 Å². The van der Waals surface area contributed by atoms with Gasteiger partial charge >= 0.3 is 0 Å². The van der Waals surface area contributed by atoms with Crippen LogP contribution < -0.4 is 0 Å². The molecule has 28 heavy (non-hydrogen) atoms. The molecular weight excluding hydrogens is 348 g/mol. The summed E-state index contributed by atoms with van der Waals surface area (Å²) in [5, 5.41) is 9.94. The Morgan fingerprint density at radius 1 is 0.893 bits per heavy atom. The van der Waals surface area contributed by atoms with E-state index in [0.717, 1.165) is 36.7 Å². The Morgan fingerprint density at radius 2 is 1.71 bits per heavy atom. The third kappa shape index (κ3) is 3.10. The Labute approximate surface area is 171 Å². The molecule has 9 atom stereocenters. The molecular formula is C25H42O3. The first-order valence-corrected chi connectivity index (χ1v) is 12.4. The van der Waals surface area contributed by atoms with Crippen LogP contribution in [0.2, 0.25) is 0 Å². The fourth-order valence-corrected chi connectivity index (χ4v) is 8.78. The van der Waals surface area contributed by atoms with E-state index in [0.29, 0.717) is 29.5 Å². The van der Waals surface area contributed by atoms with E-state index in [2.05, 4.69) is 13.8 Å². The van der Waals surface area contributed by atoms with E-state index in [1.807, 2.05) is 0 Å². The van der Waals surface area contributed by atoms with Gasteiger partial charge in [-0.15, -0.1) is 0 Å². The maximum atomic E-state index is 9.94. The Morgan fingerprint density at radius 3 is 2.50 bits per heavy atom. The summed E-state index contributed by atoms with van der Waals surface area (Å²) >= 11 is 0. The Hall–Kier alpha value is -0.120. The summed E-state index contributed by atoms with van der Waals surface area (Å²) in [4.78, 5) is 0.